The Balaban J connectivity index is 1.95. The van der Waals surface area contributed by atoms with Crippen LogP contribution in [0, 0.1) is 11.3 Å². The van der Waals surface area contributed by atoms with Crippen LogP contribution in [0.5, 0.6) is 0 Å². The highest BCUT2D eigenvalue weighted by Gasteiger charge is 2.37. The number of hydrogen-bond acceptors (Lipinski definition) is 1. The lowest BCUT2D eigenvalue weighted by molar-refractivity contribution is 0.182. The zero-order chi connectivity index (χ0) is 17.2. The van der Waals surface area contributed by atoms with Crippen LogP contribution in [0.2, 0.25) is 0 Å². The summed E-state index contributed by atoms with van der Waals surface area (Å²) < 4.78 is 0. The van der Waals surface area contributed by atoms with Crippen LogP contribution in [0.4, 0.5) is 0 Å². The van der Waals surface area contributed by atoms with Gasteiger partial charge < -0.3 is 0 Å². The fraction of sp³-hybridized carbons (Fsp3) is 0.455. The zero-order valence-electron chi connectivity index (χ0n) is 15.1. The number of benzene rings is 2. The largest absolute Gasteiger partial charge is 0.0873 e. The van der Waals surface area contributed by atoms with Crippen LogP contribution in [-0.4, -0.2) is 5.66 Å². The fourth-order valence-corrected chi connectivity index (χ4v) is 8.93. The van der Waals surface area contributed by atoms with Crippen molar-refractivity contribution in [2.75, 3.05) is 0 Å². The molecule has 0 atom stereocenters. The van der Waals surface area contributed by atoms with Gasteiger partial charge in [-0.1, -0.05) is 93.2 Å². The molecule has 0 unspecified atom stereocenters. The second kappa shape index (κ2) is 7.14. The third kappa shape index (κ3) is 3.53. The van der Waals surface area contributed by atoms with Crippen molar-refractivity contribution in [1.29, 1.82) is 0 Å². The molecule has 0 bridgehead atoms. The van der Waals surface area contributed by atoms with E-state index in [2.05, 4.69) is 81.4 Å². The highest BCUT2D eigenvalue weighted by molar-refractivity contribution is 8.22. The van der Waals surface area contributed by atoms with Crippen LogP contribution in [0.1, 0.15) is 46.5 Å². The van der Waals surface area contributed by atoms with Gasteiger partial charge in [0.2, 0.25) is 0 Å². The highest BCUT2D eigenvalue weighted by Crippen LogP contribution is 2.55. The molecular formula is C22H29PS. The number of rotatable bonds is 3. The molecule has 1 fully saturated rings. The minimum absolute atomic E-state index is 0.424. The number of hydrogen-bond donors (Lipinski definition) is 0. The Labute approximate surface area is 152 Å². The Morgan fingerprint density at radius 3 is 1.54 bits per heavy atom. The van der Waals surface area contributed by atoms with Gasteiger partial charge in [0, 0.05) is 6.04 Å². The summed E-state index contributed by atoms with van der Waals surface area (Å²) in [5.41, 5.74) is 1.07. The Hall–Kier alpha value is -0.910. The third-order valence-electron chi connectivity index (χ3n) is 5.72. The molecule has 0 spiro atoms. The maximum Gasteiger partial charge on any atom is 0.0135 e. The van der Waals surface area contributed by atoms with E-state index >= 15 is 0 Å². The molecule has 1 aliphatic carbocycles. The molecule has 24 heavy (non-hydrogen) atoms. The van der Waals surface area contributed by atoms with Crippen molar-refractivity contribution in [3.8, 4) is 0 Å². The van der Waals surface area contributed by atoms with Gasteiger partial charge in [-0.2, -0.15) is 0 Å². The van der Waals surface area contributed by atoms with Crippen molar-refractivity contribution >= 4 is 28.5 Å². The summed E-state index contributed by atoms with van der Waals surface area (Å²) in [4.78, 5) is 0. The molecule has 0 N–H and O–H groups in total. The van der Waals surface area contributed by atoms with Crippen LogP contribution in [-0.2, 0) is 11.8 Å². The summed E-state index contributed by atoms with van der Waals surface area (Å²) in [6.45, 7) is 7.17. The summed E-state index contributed by atoms with van der Waals surface area (Å²) in [5.74, 6) is 0.837. The maximum atomic E-state index is 6.50. The van der Waals surface area contributed by atoms with Crippen molar-refractivity contribution in [2.24, 2.45) is 11.3 Å². The predicted octanol–water partition coefficient (Wildman–Crippen LogP) is 5.72. The van der Waals surface area contributed by atoms with Gasteiger partial charge in [0.1, 0.15) is 0 Å². The van der Waals surface area contributed by atoms with Crippen molar-refractivity contribution < 1.29 is 0 Å². The molecule has 0 heterocycles. The van der Waals surface area contributed by atoms with Gasteiger partial charge in [-0.3, -0.25) is 0 Å². The second-order valence-electron chi connectivity index (χ2n) is 8.20. The first kappa shape index (κ1) is 17.9. The molecule has 0 saturated heterocycles. The highest BCUT2D eigenvalue weighted by atomic mass is 32.4. The lowest BCUT2D eigenvalue weighted by Crippen LogP contribution is -2.32. The van der Waals surface area contributed by atoms with E-state index in [1.165, 1.54) is 36.3 Å². The van der Waals surface area contributed by atoms with Gasteiger partial charge in [0.25, 0.3) is 0 Å². The van der Waals surface area contributed by atoms with Gasteiger partial charge in [0.15, 0.2) is 0 Å². The Morgan fingerprint density at radius 2 is 1.17 bits per heavy atom. The summed E-state index contributed by atoms with van der Waals surface area (Å²) >= 11 is 6.50. The Morgan fingerprint density at radius 1 is 0.750 bits per heavy atom. The molecule has 3 rings (SSSR count). The predicted molar refractivity (Wildman–Crippen MR) is 112 cm³/mol. The van der Waals surface area contributed by atoms with E-state index in [-0.39, 0.29) is 0 Å². The SMILES string of the molecule is CC(C)(C)C1CCC(P(=S)(c2ccccc2)c2ccccc2)CC1. The normalized spacial score (nSPS) is 22.3. The van der Waals surface area contributed by atoms with E-state index < -0.39 is 6.04 Å². The molecule has 0 amide bonds. The molecule has 0 aliphatic heterocycles. The first-order chi connectivity index (χ1) is 11.4. The van der Waals surface area contributed by atoms with Crippen molar-refractivity contribution in [2.45, 2.75) is 52.1 Å². The van der Waals surface area contributed by atoms with Crippen molar-refractivity contribution in [1.82, 2.24) is 0 Å². The van der Waals surface area contributed by atoms with Crippen LogP contribution < -0.4 is 10.6 Å². The van der Waals surface area contributed by atoms with E-state index in [9.17, 15) is 0 Å². The Bertz CT molecular complexity index is 648. The molecule has 1 saturated carbocycles. The molecular weight excluding hydrogens is 327 g/mol. The van der Waals surface area contributed by atoms with E-state index in [0.717, 1.165) is 5.92 Å². The van der Waals surface area contributed by atoms with Crippen LogP contribution in [0.25, 0.3) is 0 Å². The molecule has 128 valence electrons. The van der Waals surface area contributed by atoms with Crippen LogP contribution in [0.15, 0.2) is 60.7 Å². The topological polar surface area (TPSA) is 0 Å². The minimum atomic E-state index is -1.74. The average Bonchev–Trinajstić information content (AvgIpc) is 2.62. The monoisotopic (exact) mass is 356 g/mol. The molecule has 1 aliphatic rings. The molecule has 2 aromatic carbocycles. The van der Waals surface area contributed by atoms with E-state index in [1.54, 1.807) is 0 Å². The summed E-state index contributed by atoms with van der Waals surface area (Å²) in [7, 11) is 0. The quantitative estimate of drug-likeness (QED) is 0.634. The molecule has 0 radical (unpaired) electrons. The van der Waals surface area contributed by atoms with Crippen molar-refractivity contribution in [3.05, 3.63) is 60.7 Å². The van der Waals surface area contributed by atoms with Crippen LogP contribution >= 0.6 is 6.04 Å². The summed E-state index contributed by atoms with van der Waals surface area (Å²) in [6, 6.07) is 20.1. The van der Waals surface area contributed by atoms with E-state index in [4.69, 9.17) is 11.8 Å². The first-order valence-corrected chi connectivity index (χ1v) is 12.0. The summed E-state index contributed by atoms with van der Waals surface area (Å²) in [6.07, 6.45) is 5.21. The molecule has 0 nitrogen and oxygen atoms in total. The van der Waals surface area contributed by atoms with Gasteiger partial charge in [-0.15, -0.1) is 0 Å². The molecule has 2 aromatic rings. The average molecular weight is 357 g/mol. The van der Waals surface area contributed by atoms with Gasteiger partial charge in [-0.05, 0) is 53.3 Å². The lowest BCUT2D eigenvalue weighted by atomic mass is 9.72. The first-order valence-electron chi connectivity index (χ1n) is 9.13. The minimum Gasteiger partial charge on any atom is -0.0873 e. The van der Waals surface area contributed by atoms with Gasteiger partial charge in [0.05, 0.1) is 0 Å². The van der Waals surface area contributed by atoms with Gasteiger partial charge >= 0.3 is 0 Å². The Kier molecular flexibility index (Phi) is 5.33. The fourth-order valence-electron chi connectivity index (χ4n) is 4.18. The third-order valence-corrected chi connectivity index (χ3v) is 11.5. The van der Waals surface area contributed by atoms with E-state index in [1.807, 2.05) is 0 Å². The van der Waals surface area contributed by atoms with Crippen molar-refractivity contribution in [3.63, 3.8) is 0 Å². The lowest BCUT2D eigenvalue weighted by Gasteiger charge is -2.41. The molecule has 0 aromatic heterocycles. The maximum absolute atomic E-state index is 6.50. The zero-order valence-corrected chi connectivity index (χ0v) is 16.8. The van der Waals surface area contributed by atoms with Gasteiger partial charge in [-0.25, -0.2) is 0 Å². The summed E-state index contributed by atoms with van der Waals surface area (Å²) in [5, 5.41) is 2.79. The standard InChI is InChI=1S/C22H29PS/c1-22(2,3)18-14-16-21(17-15-18)23(24,19-10-6-4-7-11-19)20-12-8-5-9-13-20/h4-13,18,21H,14-17H2,1-3H3. The van der Waals surface area contributed by atoms with Crippen LogP contribution in [0.3, 0.4) is 0 Å². The second-order valence-corrected chi connectivity index (χ2v) is 13.0. The smallest absolute Gasteiger partial charge is 0.0135 e. The van der Waals surface area contributed by atoms with E-state index in [0.29, 0.717) is 11.1 Å². The molecule has 2 heteroatoms.